The van der Waals surface area contributed by atoms with Crippen LogP contribution in [0, 0.1) is 10.1 Å². The van der Waals surface area contributed by atoms with Crippen LogP contribution in [0.25, 0.3) is 0 Å². The van der Waals surface area contributed by atoms with Crippen molar-refractivity contribution in [3.8, 4) is 0 Å². The lowest BCUT2D eigenvalue weighted by Gasteiger charge is -2.12. The molecule has 5 heteroatoms. The molecule has 0 aromatic rings. The predicted molar refractivity (Wildman–Crippen MR) is 45.5 cm³/mol. The normalized spacial score (nSPS) is 15.9. The van der Waals surface area contributed by atoms with Crippen LogP contribution < -0.4 is 0 Å². The standard InChI is InChI=1S/C6H12BrNO3/c1-2-5(8(10)11)6(9)3-4-7/h5-6,9H,2-4H2,1H3. The van der Waals surface area contributed by atoms with Crippen LogP contribution in [0.1, 0.15) is 19.8 Å². The molecule has 0 fully saturated rings. The van der Waals surface area contributed by atoms with Crippen molar-refractivity contribution < 1.29 is 10.0 Å². The molecule has 2 unspecified atom stereocenters. The highest BCUT2D eigenvalue weighted by Crippen LogP contribution is 2.07. The average Bonchev–Trinajstić information content (AvgIpc) is 1.88. The predicted octanol–water partition coefficient (Wildman–Crippen LogP) is 1.19. The number of aliphatic hydroxyl groups is 1. The number of hydrogen-bond acceptors (Lipinski definition) is 3. The van der Waals surface area contributed by atoms with Crippen LogP contribution in [0.5, 0.6) is 0 Å². The summed E-state index contributed by atoms with van der Waals surface area (Å²) < 4.78 is 0. The third-order valence-corrected chi connectivity index (χ3v) is 2.00. The molecule has 0 saturated heterocycles. The highest BCUT2D eigenvalue weighted by Gasteiger charge is 2.26. The minimum Gasteiger partial charge on any atom is -0.386 e. The van der Waals surface area contributed by atoms with Gasteiger partial charge in [-0.05, 0) is 6.42 Å². The summed E-state index contributed by atoms with van der Waals surface area (Å²) >= 11 is 3.11. The molecule has 0 heterocycles. The van der Waals surface area contributed by atoms with Gasteiger partial charge in [0.2, 0.25) is 6.04 Å². The molecule has 0 aliphatic carbocycles. The molecule has 0 aliphatic heterocycles. The Kier molecular flexibility index (Phi) is 5.41. The number of aliphatic hydroxyl groups excluding tert-OH is 1. The minimum atomic E-state index is -0.825. The lowest BCUT2D eigenvalue weighted by atomic mass is 10.1. The zero-order valence-electron chi connectivity index (χ0n) is 6.36. The van der Waals surface area contributed by atoms with Crippen molar-refractivity contribution in [3.05, 3.63) is 10.1 Å². The van der Waals surface area contributed by atoms with Gasteiger partial charge in [0.1, 0.15) is 6.10 Å². The van der Waals surface area contributed by atoms with Crippen LogP contribution in [0.15, 0.2) is 0 Å². The van der Waals surface area contributed by atoms with E-state index in [0.717, 1.165) is 0 Å². The molecule has 0 aromatic heterocycles. The fraction of sp³-hybridized carbons (Fsp3) is 1.00. The molecule has 66 valence electrons. The number of alkyl halides is 1. The second kappa shape index (κ2) is 5.49. The number of rotatable bonds is 5. The molecule has 0 rings (SSSR count). The number of halogens is 1. The van der Waals surface area contributed by atoms with Gasteiger partial charge in [0, 0.05) is 16.7 Å². The minimum absolute atomic E-state index is 0.376. The van der Waals surface area contributed by atoms with Gasteiger partial charge < -0.3 is 5.11 Å². The monoisotopic (exact) mass is 225 g/mol. The number of hydrogen-bond donors (Lipinski definition) is 1. The summed E-state index contributed by atoms with van der Waals surface area (Å²) in [6, 6.07) is -0.812. The Hall–Kier alpha value is -0.160. The summed E-state index contributed by atoms with van der Waals surface area (Å²) in [6.07, 6.45) is -0.0184. The maximum absolute atomic E-state index is 10.3. The lowest BCUT2D eigenvalue weighted by Crippen LogP contribution is -2.33. The van der Waals surface area contributed by atoms with E-state index in [-0.39, 0.29) is 0 Å². The molecule has 4 nitrogen and oxygen atoms in total. The highest BCUT2D eigenvalue weighted by molar-refractivity contribution is 9.09. The van der Waals surface area contributed by atoms with E-state index in [9.17, 15) is 15.2 Å². The van der Waals surface area contributed by atoms with Gasteiger partial charge >= 0.3 is 0 Å². The first-order valence-electron chi connectivity index (χ1n) is 3.51. The molecule has 2 atom stereocenters. The molecule has 0 radical (unpaired) electrons. The van der Waals surface area contributed by atoms with Gasteiger partial charge in [0.05, 0.1) is 0 Å². The van der Waals surface area contributed by atoms with Gasteiger partial charge in [-0.3, -0.25) is 10.1 Å². The first-order valence-corrected chi connectivity index (χ1v) is 4.63. The van der Waals surface area contributed by atoms with E-state index >= 15 is 0 Å². The molecule has 0 saturated carbocycles. The Balaban J connectivity index is 3.91. The van der Waals surface area contributed by atoms with Gasteiger partial charge in [0.25, 0.3) is 0 Å². The Bertz CT molecular complexity index is 131. The van der Waals surface area contributed by atoms with Crippen molar-refractivity contribution in [2.45, 2.75) is 31.9 Å². The quantitative estimate of drug-likeness (QED) is 0.435. The molecule has 0 aliphatic rings. The fourth-order valence-corrected chi connectivity index (χ4v) is 1.33. The van der Waals surface area contributed by atoms with Gasteiger partial charge in [-0.15, -0.1) is 0 Å². The van der Waals surface area contributed by atoms with Crippen molar-refractivity contribution in [1.29, 1.82) is 0 Å². The van der Waals surface area contributed by atoms with Gasteiger partial charge in [0.15, 0.2) is 0 Å². The van der Waals surface area contributed by atoms with E-state index in [1.165, 1.54) is 0 Å². The summed E-state index contributed by atoms with van der Waals surface area (Å²) in [6.45, 7) is 1.70. The van der Waals surface area contributed by atoms with E-state index < -0.39 is 17.1 Å². The van der Waals surface area contributed by atoms with E-state index in [0.29, 0.717) is 18.2 Å². The number of nitro groups is 1. The second-order valence-corrected chi connectivity index (χ2v) is 3.10. The average molecular weight is 226 g/mol. The van der Waals surface area contributed by atoms with Crippen LogP contribution in [0.2, 0.25) is 0 Å². The Morgan fingerprint density at radius 1 is 1.73 bits per heavy atom. The van der Waals surface area contributed by atoms with Gasteiger partial charge in [-0.25, -0.2) is 0 Å². The third kappa shape index (κ3) is 3.67. The summed E-state index contributed by atoms with van der Waals surface area (Å²) in [5.41, 5.74) is 0. The Morgan fingerprint density at radius 3 is 2.55 bits per heavy atom. The summed E-state index contributed by atoms with van der Waals surface area (Å²) in [4.78, 5) is 9.85. The van der Waals surface area contributed by atoms with Gasteiger partial charge in [-0.2, -0.15) is 0 Å². The molecular formula is C6H12BrNO3. The lowest BCUT2D eigenvalue weighted by molar-refractivity contribution is -0.534. The van der Waals surface area contributed by atoms with E-state index in [2.05, 4.69) is 15.9 Å². The zero-order chi connectivity index (χ0) is 8.85. The maximum atomic E-state index is 10.3. The number of nitrogens with zero attached hydrogens (tertiary/aromatic N) is 1. The Labute approximate surface area is 73.9 Å². The summed E-state index contributed by atoms with van der Waals surface area (Å²) in [5, 5.41) is 20.1. The van der Waals surface area contributed by atoms with Crippen molar-refractivity contribution >= 4 is 15.9 Å². The van der Waals surface area contributed by atoms with Gasteiger partial charge in [-0.1, -0.05) is 22.9 Å². The van der Waals surface area contributed by atoms with Crippen molar-refractivity contribution in [2.75, 3.05) is 5.33 Å². The maximum Gasteiger partial charge on any atom is 0.238 e. The largest absolute Gasteiger partial charge is 0.386 e. The molecule has 1 N–H and O–H groups in total. The highest BCUT2D eigenvalue weighted by atomic mass is 79.9. The molecular weight excluding hydrogens is 214 g/mol. The van der Waals surface area contributed by atoms with E-state index in [1.54, 1.807) is 6.92 Å². The first kappa shape index (κ1) is 10.8. The SMILES string of the molecule is CCC(C(O)CCBr)[N+](=O)[O-]. The third-order valence-electron chi connectivity index (χ3n) is 1.54. The molecule has 11 heavy (non-hydrogen) atoms. The molecule has 0 amide bonds. The smallest absolute Gasteiger partial charge is 0.238 e. The zero-order valence-corrected chi connectivity index (χ0v) is 7.95. The van der Waals surface area contributed by atoms with Crippen LogP contribution >= 0.6 is 15.9 Å². The first-order chi connectivity index (χ1) is 5.13. The van der Waals surface area contributed by atoms with Crippen LogP contribution in [0.3, 0.4) is 0 Å². The molecule has 0 spiro atoms. The fourth-order valence-electron chi connectivity index (χ4n) is 0.866. The topological polar surface area (TPSA) is 63.4 Å². The van der Waals surface area contributed by atoms with Crippen molar-refractivity contribution in [3.63, 3.8) is 0 Å². The van der Waals surface area contributed by atoms with E-state index in [4.69, 9.17) is 0 Å². The van der Waals surface area contributed by atoms with E-state index in [1.807, 2.05) is 0 Å². The van der Waals surface area contributed by atoms with Crippen LogP contribution in [-0.4, -0.2) is 27.5 Å². The van der Waals surface area contributed by atoms with Crippen molar-refractivity contribution in [1.82, 2.24) is 0 Å². The molecule has 0 aromatic carbocycles. The van der Waals surface area contributed by atoms with Crippen LogP contribution in [-0.2, 0) is 0 Å². The second-order valence-electron chi connectivity index (χ2n) is 2.31. The summed E-state index contributed by atoms with van der Waals surface area (Å²) in [5.74, 6) is 0. The summed E-state index contributed by atoms with van der Waals surface area (Å²) in [7, 11) is 0. The Morgan fingerprint density at radius 2 is 2.27 bits per heavy atom. The van der Waals surface area contributed by atoms with Crippen LogP contribution in [0.4, 0.5) is 0 Å². The van der Waals surface area contributed by atoms with Crippen molar-refractivity contribution in [2.24, 2.45) is 0 Å². The molecule has 0 bridgehead atoms.